The van der Waals surface area contributed by atoms with Gasteiger partial charge in [-0.15, -0.1) is 0 Å². The number of ether oxygens (including phenoxy) is 1. The van der Waals surface area contributed by atoms with Crippen molar-refractivity contribution >= 4 is 0 Å². The molecule has 0 saturated carbocycles. The van der Waals surface area contributed by atoms with E-state index in [-0.39, 0.29) is 11.5 Å². The summed E-state index contributed by atoms with van der Waals surface area (Å²) in [6.07, 6.45) is -0.577. The Morgan fingerprint density at radius 2 is 1.89 bits per heavy atom. The Kier molecular flexibility index (Phi) is 4.77. The summed E-state index contributed by atoms with van der Waals surface area (Å²) >= 11 is 0. The van der Waals surface area contributed by atoms with Crippen LogP contribution in [0.1, 0.15) is 44.9 Å². The van der Waals surface area contributed by atoms with E-state index >= 15 is 0 Å². The molecule has 0 amide bonds. The summed E-state index contributed by atoms with van der Waals surface area (Å²) in [6.45, 7) is 8.43. The average Bonchev–Trinajstić information content (AvgIpc) is 2.35. The van der Waals surface area contributed by atoms with Crippen molar-refractivity contribution in [1.82, 2.24) is 5.32 Å². The molecule has 0 bridgehead atoms. The first kappa shape index (κ1) is 15.0. The third-order valence-electron chi connectivity index (χ3n) is 3.34. The number of aliphatic hydroxyl groups is 1. The average molecular weight is 251 g/mol. The van der Waals surface area contributed by atoms with Gasteiger partial charge in [-0.25, -0.2) is 0 Å². The van der Waals surface area contributed by atoms with Crippen LogP contribution < -0.4 is 10.1 Å². The summed E-state index contributed by atoms with van der Waals surface area (Å²) in [5.74, 6) is 0.734. The van der Waals surface area contributed by atoms with Crippen molar-refractivity contribution in [3.05, 3.63) is 29.3 Å². The van der Waals surface area contributed by atoms with Gasteiger partial charge in [-0.3, -0.25) is 0 Å². The summed E-state index contributed by atoms with van der Waals surface area (Å²) in [7, 11) is 3.47. The number of hydrogen-bond acceptors (Lipinski definition) is 3. The van der Waals surface area contributed by atoms with E-state index in [1.165, 1.54) is 5.56 Å². The highest BCUT2D eigenvalue weighted by Crippen LogP contribution is 2.32. The lowest BCUT2D eigenvalue weighted by atomic mass is 9.85. The second-order valence-electron chi connectivity index (χ2n) is 5.73. The van der Waals surface area contributed by atoms with Gasteiger partial charge in [0.25, 0.3) is 0 Å². The Balaban J connectivity index is 3.22. The molecule has 0 radical (unpaired) electrons. The number of rotatable bonds is 4. The summed E-state index contributed by atoms with van der Waals surface area (Å²) in [4.78, 5) is 0. The summed E-state index contributed by atoms with van der Waals surface area (Å²) in [5, 5.41) is 13.4. The first-order valence-corrected chi connectivity index (χ1v) is 6.35. The Morgan fingerprint density at radius 3 is 2.33 bits per heavy atom. The molecule has 3 heteroatoms. The molecule has 0 aliphatic rings. The number of likely N-dealkylation sites (N-methyl/N-ethyl adjacent to an activating group) is 1. The molecule has 1 rings (SSSR count). The summed E-state index contributed by atoms with van der Waals surface area (Å²) < 4.78 is 5.34. The third kappa shape index (κ3) is 3.24. The molecule has 2 N–H and O–H groups in total. The van der Waals surface area contributed by atoms with Crippen LogP contribution in [-0.4, -0.2) is 25.3 Å². The lowest BCUT2D eigenvalue weighted by Gasteiger charge is -2.25. The molecule has 102 valence electrons. The van der Waals surface area contributed by atoms with Crippen LogP contribution in [0.4, 0.5) is 0 Å². The third-order valence-corrected chi connectivity index (χ3v) is 3.34. The second kappa shape index (κ2) is 5.72. The maximum absolute atomic E-state index is 10.3. The Labute approximate surface area is 110 Å². The minimum absolute atomic E-state index is 0.0193. The van der Waals surface area contributed by atoms with E-state index in [2.05, 4.69) is 32.2 Å². The SMILES string of the molecule is CNC(C)C(O)c1cc(C(C)(C)C)ccc1OC. The van der Waals surface area contributed by atoms with Gasteiger partial charge in [0.1, 0.15) is 5.75 Å². The largest absolute Gasteiger partial charge is 0.496 e. The van der Waals surface area contributed by atoms with Gasteiger partial charge in [0.05, 0.1) is 13.2 Å². The van der Waals surface area contributed by atoms with E-state index < -0.39 is 6.10 Å². The van der Waals surface area contributed by atoms with Gasteiger partial charge in [-0.2, -0.15) is 0 Å². The first-order valence-electron chi connectivity index (χ1n) is 6.35. The van der Waals surface area contributed by atoms with Crippen molar-refractivity contribution in [3.63, 3.8) is 0 Å². The molecule has 0 spiro atoms. The maximum atomic E-state index is 10.3. The Morgan fingerprint density at radius 1 is 1.28 bits per heavy atom. The highest BCUT2D eigenvalue weighted by Gasteiger charge is 2.22. The van der Waals surface area contributed by atoms with Gasteiger partial charge in [0, 0.05) is 11.6 Å². The predicted octanol–water partition coefficient (Wildman–Crippen LogP) is 2.63. The maximum Gasteiger partial charge on any atom is 0.124 e. The van der Waals surface area contributed by atoms with Crippen LogP contribution in [0.2, 0.25) is 0 Å². The van der Waals surface area contributed by atoms with Crippen LogP contribution in [0.15, 0.2) is 18.2 Å². The fourth-order valence-electron chi connectivity index (χ4n) is 1.86. The van der Waals surface area contributed by atoms with Crippen LogP contribution >= 0.6 is 0 Å². The molecule has 0 saturated heterocycles. The van der Waals surface area contributed by atoms with Crippen LogP contribution in [0, 0.1) is 0 Å². The van der Waals surface area contributed by atoms with Gasteiger partial charge in [-0.05, 0) is 37.1 Å². The zero-order valence-corrected chi connectivity index (χ0v) is 12.2. The molecule has 18 heavy (non-hydrogen) atoms. The molecule has 0 heterocycles. The quantitative estimate of drug-likeness (QED) is 0.864. The highest BCUT2D eigenvalue weighted by atomic mass is 16.5. The van der Waals surface area contributed by atoms with Gasteiger partial charge in [0.15, 0.2) is 0 Å². The van der Waals surface area contributed by atoms with Gasteiger partial charge in [0.2, 0.25) is 0 Å². The van der Waals surface area contributed by atoms with Crippen LogP contribution in [0.3, 0.4) is 0 Å². The normalized spacial score (nSPS) is 15.3. The summed E-state index contributed by atoms with van der Waals surface area (Å²) in [6, 6.07) is 6.01. The van der Waals surface area contributed by atoms with Crippen molar-refractivity contribution in [1.29, 1.82) is 0 Å². The van der Waals surface area contributed by atoms with Crippen LogP contribution in [0.5, 0.6) is 5.75 Å². The van der Waals surface area contributed by atoms with E-state index in [1.54, 1.807) is 7.11 Å². The van der Waals surface area contributed by atoms with Gasteiger partial charge in [-0.1, -0.05) is 26.8 Å². The van der Waals surface area contributed by atoms with Gasteiger partial charge >= 0.3 is 0 Å². The molecule has 1 aromatic rings. The minimum Gasteiger partial charge on any atom is -0.496 e. The monoisotopic (exact) mass is 251 g/mol. The fourth-order valence-corrected chi connectivity index (χ4v) is 1.86. The number of benzene rings is 1. The number of nitrogens with one attached hydrogen (secondary N) is 1. The molecule has 0 fully saturated rings. The molecule has 1 aromatic carbocycles. The van der Waals surface area contributed by atoms with E-state index in [0.29, 0.717) is 0 Å². The van der Waals surface area contributed by atoms with E-state index in [4.69, 9.17) is 4.74 Å². The fraction of sp³-hybridized carbons (Fsp3) is 0.600. The topological polar surface area (TPSA) is 41.5 Å². The van der Waals surface area contributed by atoms with Crippen molar-refractivity contribution in [2.24, 2.45) is 0 Å². The molecule has 0 aliphatic heterocycles. The molecular formula is C15H25NO2. The molecule has 2 atom stereocenters. The van der Waals surface area contributed by atoms with Crippen LogP contribution in [0.25, 0.3) is 0 Å². The second-order valence-corrected chi connectivity index (χ2v) is 5.73. The van der Waals surface area contributed by atoms with E-state index in [9.17, 15) is 5.11 Å². The predicted molar refractivity (Wildman–Crippen MR) is 75.2 cm³/mol. The zero-order chi connectivity index (χ0) is 13.9. The molecular weight excluding hydrogens is 226 g/mol. The number of methoxy groups -OCH3 is 1. The number of hydrogen-bond donors (Lipinski definition) is 2. The summed E-state index contributed by atoms with van der Waals surface area (Å²) in [5.41, 5.74) is 2.09. The standard InChI is InChI=1S/C15H25NO2/c1-10(16-5)14(17)12-9-11(15(2,3)4)7-8-13(12)18-6/h7-10,14,16-17H,1-6H3. The first-order chi connectivity index (χ1) is 8.31. The highest BCUT2D eigenvalue weighted by molar-refractivity contribution is 5.41. The minimum atomic E-state index is -0.577. The molecule has 0 aliphatic carbocycles. The Bertz CT molecular complexity index is 396. The lowest BCUT2D eigenvalue weighted by Crippen LogP contribution is -2.29. The van der Waals surface area contributed by atoms with Crippen molar-refractivity contribution in [2.75, 3.05) is 14.2 Å². The lowest BCUT2D eigenvalue weighted by molar-refractivity contribution is 0.136. The molecule has 2 unspecified atom stereocenters. The van der Waals surface area contributed by atoms with Gasteiger partial charge < -0.3 is 15.2 Å². The van der Waals surface area contributed by atoms with Crippen LogP contribution in [-0.2, 0) is 5.41 Å². The van der Waals surface area contributed by atoms with Crippen molar-refractivity contribution in [3.8, 4) is 5.75 Å². The Hall–Kier alpha value is -1.06. The zero-order valence-electron chi connectivity index (χ0n) is 12.2. The van der Waals surface area contributed by atoms with Crippen molar-refractivity contribution < 1.29 is 9.84 Å². The number of aliphatic hydroxyl groups excluding tert-OH is 1. The molecule has 0 aromatic heterocycles. The van der Waals surface area contributed by atoms with Crippen molar-refractivity contribution in [2.45, 2.75) is 45.3 Å². The van der Waals surface area contributed by atoms with E-state index in [0.717, 1.165) is 11.3 Å². The smallest absolute Gasteiger partial charge is 0.124 e. The van der Waals surface area contributed by atoms with E-state index in [1.807, 2.05) is 26.1 Å². The molecule has 3 nitrogen and oxygen atoms in total.